The molecule has 1 unspecified atom stereocenters. The minimum Gasteiger partial charge on any atom is -0.455 e. The molecule has 2 atom stereocenters. The molecule has 170 valence electrons. The zero-order valence-corrected chi connectivity index (χ0v) is 18.4. The predicted molar refractivity (Wildman–Crippen MR) is 127 cm³/mol. The molecular weight excluding hydrogens is 420 g/mol. The number of amides is 1. The van der Waals surface area contributed by atoms with Crippen LogP contribution in [0.4, 0.5) is 11.4 Å². The van der Waals surface area contributed by atoms with Gasteiger partial charge in [-0.3, -0.25) is 19.8 Å². The number of carbonyl (C=O) groups is 2. The van der Waals surface area contributed by atoms with E-state index in [1.54, 1.807) is 17.9 Å². The van der Waals surface area contributed by atoms with Gasteiger partial charge in [-0.15, -0.1) is 0 Å². The number of nitro groups is 1. The molecule has 1 aliphatic carbocycles. The Morgan fingerprint density at radius 3 is 2.24 bits per heavy atom. The first-order valence-electron chi connectivity index (χ1n) is 10.8. The summed E-state index contributed by atoms with van der Waals surface area (Å²) in [5.74, 6) is -0.851. The maximum atomic E-state index is 13.0. The molecule has 2 aromatic carbocycles. The normalized spacial score (nSPS) is 16.9. The zero-order chi connectivity index (χ0) is 23.6. The SMILES string of the molecule is C[C@H](/C=C\C(=O)N(c1ccccc1)c1ccccc1)OC(=O)/C=C/C1=CCCC([N+](=O)[O-])C1. The van der Waals surface area contributed by atoms with Crippen molar-refractivity contribution in [3.63, 3.8) is 0 Å². The van der Waals surface area contributed by atoms with Crippen LogP contribution in [-0.2, 0) is 14.3 Å². The van der Waals surface area contributed by atoms with Gasteiger partial charge in [0.2, 0.25) is 6.04 Å². The second-order valence-electron chi connectivity index (χ2n) is 7.68. The van der Waals surface area contributed by atoms with Gasteiger partial charge >= 0.3 is 5.97 Å². The van der Waals surface area contributed by atoms with Gasteiger partial charge in [0, 0.05) is 41.3 Å². The molecule has 33 heavy (non-hydrogen) atoms. The molecule has 2 aromatic rings. The summed E-state index contributed by atoms with van der Waals surface area (Å²) in [5, 5.41) is 11.0. The summed E-state index contributed by atoms with van der Waals surface area (Å²) in [6.07, 6.45) is 8.42. The van der Waals surface area contributed by atoms with Crippen LogP contribution in [0.1, 0.15) is 26.2 Å². The third-order valence-electron chi connectivity index (χ3n) is 5.17. The maximum absolute atomic E-state index is 13.0. The van der Waals surface area contributed by atoms with Crippen molar-refractivity contribution in [2.24, 2.45) is 0 Å². The number of ether oxygens (including phenoxy) is 1. The Balaban J connectivity index is 1.61. The predicted octanol–water partition coefficient (Wildman–Crippen LogP) is 5.15. The van der Waals surface area contributed by atoms with Crippen molar-refractivity contribution in [3.05, 3.63) is 107 Å². The van der Waals surface area contributed by atoms with Crippen molar-refractivity contribution >= 4 is 23.3 Å². The lowest BCUT2D eigenvalue weighted by atomic mass is 9.95. The van der Waals surface area contributed by atoms with Gasteiger partial charge < -0.3 is 4.74 Å². The summed E-state index contributed by atoms with van der Waals surface area (Å²) in [5.41, 5.74) is 2.19. The Bertz CT molecular complexity index is 1020. The van der Waals surface area contributed by atoms with Crippen molar-refractivity contribution < 1.29 is 19.2 Å². The Morgan fingerprint density at radius 2 is 1.67 bits per heavy atom. The molecule has 0 bridgehead atoms. The molecule has 0 heterocycles. The van der Waals surface area contributed by atoms with Crippen LogP contribution in [-0.4, -0.2) is 28.9 Å². The lowest BCUT2D eigenvalue weighted by Gasteiger charge is -2.21. The minimum atomic E-state index is -0.633. The molecule has 0 aromatic heterocycles. The van der Waals surface area contributed by atoms with Gasteiger partial charge in [0.1, 0.15) is 6.10 Å². The van der Waals surface area contributed by atoms with Gasteiger partial charge in [-0.1, -0.05) is 48.6 Å². The highest BCUT2D eigenvalue weighted by Crippen LogP contribution is 2.25. The molecular formula is C26H26N2O5. The van der Waals surface area contributed by atoms with Crippen LogP contribution in [0, 0.1) is 10.1 Å². The van der Waals surface area contributed by atoms with Crippen LogP contribution in [0.2, 0.25) is 0 Å². The highest BCUT2D eigenvalue weighted by atomic mass is 16.6. The first-order chi connectivity index (χ1) is 15.9. The highest BCUT2D eigenvalue weighted by molar-refractivity contribution is 6.07. The van der Waals surface area contributed by atoms with Gasteiger partial charge in [-0.05, 0) is 49.3 Å². The Hall–Kier alpha value is -4.00. The number of rotatable bonds is 8. The van der Waals surface area contributed by atoms with E-state index in [4.69, 9.17) is 4.74 Å². The fourth-order valence-corrected chi connectivity index (χ4v) is 3.52. The lowest BCUT2D eigenvalue weighted by molar-refractivity contribution is -0.523. The molecule has 7 nitrogen and oxygen atoms in total. The van der Waals surface area contributed by atoms with E-state index in [0.29, 0.717) is 19.3 Å². The van der Waals surface area contributed by atoms with Crippen LogP contribution < -0.4 is 4.90 Å². The topological polar surface area (TPSA) is 89.8 Å². The zero-order valence-electron chi connectivity index (χ0n) is 18.4. The summed E-state index contributed by atoms with van der Waals surface area (Å²) in [4.78, 5) is 37.4. The van der Waals surface area contributed by atoms with E-state index in [2.05, 4.69) is 0 Å². The Morgan fingerprint density at radius 1 is 1.06 bits per heavy atom. The van der Waals surface area contributed by atoms with Gasteiger partial charge in [-0.2, -0.15) is 0 Å². The van der Waals surface area contributed by atoms with Crippen molar-refractivity contribution in [3.8, 4) is 0 Å². The molecule has 0 spiro atoms. The third kappa shape index (κ3) is 7.00. The summed E-state index contributed by atoms with van der Waals surface area (Å²) < 4.78 is 5.31. The number of hydrogen-bond acceptors (Lipinski definition) is 5. The van der Waals surface area contributed by atoms with E-state index in [1.165, 1.54) is 18.2 Å². The molecule has 0 fully saturated rings. The van der Waals surface area contributed by atoms with Crippen LogP contribution in [0.15, 0.2) is 96.6 Å². The van der Waals surface area contributed by atoms with Crippen LogP contribution in [0.5, 0.6) is 0 Å². The third-order valence-corrected chi connectivity index (χ3v) is 5.17. The Labute approximate surface area is 192 Å². The van der Waals surface area contributed by atoms with E-state index in [0.717, 1.165) is 16.9 Å². The molecule has 0 saturated carbocycles. The lowest BCUT2D eigenvalue weighted by Crippen LogP contribution is -2.24. The summed E-state index contributed by atoms with van der Waals surface area (Å²) in [6.45, 7) is 1.66. The van der Waals surface area contributed by atoms with Gasteiger partial charge in [0.05, 0.1) is 0 Å². The molecule has 0 N–H and O–H groups in total. The summed E-state index contributed by atoms with van der Waals surface area (Å²) in [6, 6.07) is 17.9. The molecule has 0 radical (unpaired) electrons. The number of para-hydroxylation sites is 2. The summed E-state index contributed by atoms with van der Waals surface area (Å²) in [7, 11) is 0. The monoisotopic (exact) mass is 446 g/mol. The number of carbonyl (C=O) groups excluding carboxylic acids is 2. The molecule has 7 heteroatoms. The van der Waals surface area contributed by atoms with Crippen molar-refractivity contribution in [1.29, 1.82) is 0 Å². The highest BCUT2D eigenvalue weighted by Gasteiger charge is 2.23. The maximum Gasteiger partial charge on any atom is 0.331 e. The van der Waals surface area contributed by atoms with E-state index in [-0.39, 0.29) is 10.8 Å². The van der Waals surface area contributed by atoms with Crippen LogP contribution in [0.3, 0.4) is 0 Å². The molecule has 1 aliphatic rings. The first kappa shape index (κ1) is 23.7. The van der Waals surface area contributed by atoms with Gasteiger partial charge in [0.25, 0.3) is 5.91 Å². The average Bonchev–Trinajstić information content (AvgIpc) is 2.83. The largest absolute Gasteiger partial charge is 0.455 e. The number of hydrogen-bond donors (Lipinski definition) is 0. The quantitative estimate of drug-likeness (QED) is 0.242. The van der Waals surface area contributed by atoms with E-state index in [9.17, 15) is 19.7 Å². The molecule has 1 amide bonds. The van der Waals surface area contributed by atoms with Gasteiger partial charge in [0.15, 0.2) is 0 Å². The number of nitrogens with zero attached hydrogens (tertiary/aromatic N) is 2. The van der Waals surface area contributed by atoms with Gasteiger partial charge in [-0.25, -0.2) is 4.79 Å². The molecule has 3 rings (SSSR count). The standard InChI is InChI=1S/C26H26N2O5/c1-20(33-26(30)18-16-21-9-8-14-24(19-21)28(31)32)15-17-25(29)27(22-10-4-2-5-11-22)23-12-6-3-7-13-23/h2-7,9-13,15-18,20,24H,8,14,19H2,1H3/b17-15-,18-16+/t20-,24?/m1/s1. The molecule has 0 saturated heterocycles. The van der Waals surface area contributed by atoms with Crippen molar-refractivity contribution in [1.82, 2.24) is 0 Å². The van der Waals surface area contributed by atoms with Crippen LogP contribution in [0.25, 0.3) is 0 Å². The Kier molecular flexibility index (Phi) is 8.30. The fourth-order valence-electron chi connectivity index (χ4n) is 3.52. The van der Waals surface area contributed by atoms with Crippen molar-refractivity contribution in [2.45, 2.75) is 38.3 Å². The van der Waals surface area contributed by atoms with Crippen LogP contribution >= 0.6 is 0 Å². The second-order valence-corrected chi connectivity index (χ2v) is 7.68. The molecule has 0 aliphatic heterocycles. The smallest absolute Gasteiger partial charge is 0.331 e. The number of esters is 1. The number of allylic oxidation sites excluding steroid dienone is 2. The summed E-state index contributed by atoms with van der Waals surface area (Å²) >= 11 is 0. The average molecular weight is 447 g/mol. The van der Waals surface area contributed by atoms with Crippen molar-refractivity contribution in [2.75, 3.05) is 4.90 Å². The first-order valence-corrected chi connectivity index (χ1v) is 10.8. The fraction of sp³-hybridized carbons (Fsp3) is 0.231. The number of benzene rings is 2. The number of anilines is 2. The van der Waals surface area contributed by atoms with E-state index in [1.807, 2.05) is 66.7 Å². The van der Waals surface area contributed by atoms with E-state index >= 15 is 0 Å². The van der Waals surface area contributed by atoms with E-state index < -0.39 is 18.1 Å². The minimum absolute atomic E-state index is 0.274. The second kappa shape index (κ2) is 11.6.